The first-order valence-electron chi connectivity index (χ1n) is 6.32. The lowest BCUT2D eigenvalue weighted by molar-refractivity contribution is 0.494. The number of pyridine rings is 1. The second kappa shape index (κ2) is 6.24. The molecule has 1 aliphatic rings. The molecule has 0 radical (unpaired) electrons. The fourth-order valence-corrected chi connectivity index (χ4v) is 1.96. The predicted molar refractivity (Wildman–Crippen MR) is 70.8 cm³/mol. The minimum atomic E-state index is 0.624. The van der Waals surface area contributed by atoms with Crippen LogP contribution in [0.4, 0.5) is 5.82 Å². The molecule has 0 amide bonds. The number of hydrogen-bond donors (Lipinski definition) is 0. The summed E-state index contributed by atoms with van der Waals surface area (Å²) < 4.78 is 0. The van der Waals surface area contributed by atoms with E-state index in [4.69, 9.17) is 5.26 Å². The quantitative estimate of drug-likeness (QED) is 0.745. The maximum Gasteiger partial charge on any atom is 0.128 e. The van der Waals surface area contributed by atoms with Crippen LogP contribution in [0.15, 0.2) is 18.3 Å². The summed E-state index contributed by atoms with van der Waals surface area (Å²) in [4.78, 5) is 6.59. The molecule has 0 bridgehead atoms. The summed E-state index contributed by atoms with van der Waals surface area (Å²) in [6.07, 6.45) is 1.64. The molecule has 1 fully saturated rings. The van der Waals surface area contributed by atoms with Gasteiger partial charge in [0.2, 0.25) is 0 Å². The van der Waals surface area contributed by atoms with Crippen molar-refractivity contribution in [3.05, 3.63) is 23.9 Å². The van der Waals surface area contributed by atoms with E-state index in [1.165, 1.54) is 0 Å². The predicted octanol–water partition coefficient (Wildman–Crippen LogP) is 3.07. The third-order valence-electron chi connectivity index (χ3n) is 3.19. The molecule has 2 rings (SSSR count). The van der Waals surface area contributed by atoms with Crippen molar-refractivity contribution in [2.24, 2.45) is 11.8 Å². The van der Waals surface area contributed by atoms with Crippen LogP contribution in [-0.4, -0.2) is 18.1 Å². The van der Waals surface area contributed by atoms with E-state index in [-0.39, 0.29) is 0 Å². The van der Waals surface area contributed by atoms with Crippen LogP contribution < -0.4 is 4.90 Å². The number of hydrogen-bond acceptors (Lipinski definition) is 3. The Hall–Kier alpha value is -1.56. The highest BCUT2D eigenvalue weighted by atomic mass is 15.2. The van der Waals surface area contributed by atoms with Crippen LogP contribution in [0, 0.1) is 23.2 Å². The molecule has 92 valence electrons. The lowest BCUT2D eigenvalue weighted by Crippen LogP contribution is -2.20. The van der Waals surface area contributed by atoms with E-state index in [1.807, 2.05) is 26.0 Å². The molecule has 1 aromatic heterocycles. The fourth-order valence-electron chi connectivity index (χ4n) is 1.96. The highest BCUT2D eigenvalue weighted by Crippen LogP contribution is 2.26. The molecular formula is C14H21N3. The van der Waals surface area contributed by atoms with Crippen LogP contribution in [0.2, 0.25) is 0 Å². The van der Waals surface area contributed by atoms with Crippen LogP contribution in [0.1, 0.15) is 33.3 Å². The van der Waals surface area contributed by atoms with E-state index in [0.29, 0.717) is 5.56 Å². The number of rotatable bonds is 1. The van der Waals surface area contributed by atoms with Crippen molar-refractivity contribution in [3.8, 4) is 6.07 Å². The van der Waals surface area contributed by atoms with Gasteiger partial charge in [0.1, 0.15) is 11.9 Å². The second-order valence-electron chi connectivity index (χ2n) is 4.38. The SMILES string of the molecule is CC.CC1CN(c2ccc(C#N)cn2)CC1C. The van der Waals surface area contributed by atoms with Crippen LogP contribution in [0.3, 0.4) is 0 Å². The largest absolute Gasteiger partial charge is 0.356 e. The van der Waals surface area contributed by atoms with Gasteiger partial charge < -0.3 is 4.90 Å². The lowest BCUT2D eigenvalue weighted by atomic mass is 10.0. The van der Waals surface area contributed by atoms with E-state index in [1.54, 1.807) is 6.20 Å². The molecule has 0 saturated carbocycles. The van der Waals surface area contributed by atoms with E-state index >= 15 is 0 Å². The van der Waals surface area contributed by atoms with E-state index in [9.17, 15) is 0 Å². The Balaban J connectivity index is 0.000000686. The number of nitrogens with zero attached hydrogens (tertiary/aromatic N) is 3. The molecule has 1 aromatic rings. The van der Waals surface area contributed by atoms with Crippen molar-refractivity contribution in [2.45, 2.75) is 27.7 Å². The molecule has 2 heterocycles. The molecular weight excluding hydrogens is 210 g/mol. The minimum absolute atomic E-state index is 0.624. The first-order valence-corrected chi connectivity index (χ1v) is 6.32. The van der Waals surface area contributed by atoms with Gasteiger partial charge >= 0.3 is 0 Å². The summed E-state index contributed by atoms with van der Waals surface area (Å²) in [5.74, 6) is 2.44. The highest BCUT2D eigenvalue weighted by Gasteiger charge is 2.26. The standard InChI is InChI=1S/C12H15N3.C2H6/c1-9-7-15(8-10(9)2)12-4-3-11(5-13)6-14-12;1-2/h3-4,6,9-10H,7-8H2,1-2H3;1-2H3. The van der Waals surface area contributed by atoms with Gasteiger partial charge in [-0.15, -0.1) is 0 Å². The molecule has 0 spiro atoms. The Morgan fingerprint density at radius 2 is 1.82 bits per heavy atom. The Kier molecular flexibility index (Phi) is 4.96. The Morgan fingerprint density at radius 1 is 1.24 bits per heavy atom. The zero-order chi connectivity index (χ0) is 12.8. The smallest absolute Gasteiger partial charge is 0.128 e. The maximum absolute atomic E-state index is 8.67. The van der Waals surface area contributed by atoms with Crippen molar-refractivity contribution < 1.29 is 0 Å². The topological polar surface area (TPSA) is 39.9 Å². The monoisotopic (exact) mass is 231 g/mol. The molecule has 3 heteroatoms. The highest BCUT2D eigenvalue weighted by molar-refractivity contribution is 5.42. The zero-order valence-corrected chi connectivity index (χ0v) is 11.1. The summed E-state index contributed by atoms with van der Waals surface area (Å²) in [5.41, 5.74) is 0.624. The van der Waals surface area contributed by atoms with Gasteiger partial charge in [0, 0.05) is 19.3 Å². The Morgan fingerprint density at radius 3 is 2.24 bits per heavy atom. The van der Waals surface area contributed by atoms with Gasteiger partial charge in [-0.05, 0) is 24.0 Å². The normalized spacial score (nSPS) is 22.6. The van der Waals surface area contributed by atoms with Crippen LogP contribution in [0.25, 0.3) is 0 Å². The van der Waals surface area contributed by atoms with Crippen molar-refractivity contribution in [3.63, 3.8) is 0 Å². The zero-order valence-electron chi connectivity index (χ0n) is 11.1. The van der Waals surface area contributed by atoms with Gasteiger partial charge in [-0.1, -0.05) is 27.7 Å². The van der Waals surface area contributed by atoms with Gasteiger partial charge in [-0.2, -0.15) is 5.26 Å². The summed E-state index contributed by atoms with van der Waals surface area (Å²) in [7, 11) is 0. The lowest BCUT2D eigenvalue weighted by Gasteiger charge is -2.16. The van der Waals surface area contributed by atoms with Crippen LogP contribution in [0.5, 0.6) is 0 Å². The molecule has 3 nitrogen and oxygen atoms in total. The first-order chi connectivity index (χ1) is 8.20. The number of aromatic nitrogens is 1. The van der Waals surface area contributed by atoms with Gasteiger partial charge in [0.15, 0.2) is 0 Å². The third-order valence-corrected chi connectivity index (χ3v) is 3.19. The van der Waals surface area contributed by atoms with E-state index in [0.717, 1.165) is 30.7 Å². The second-order valence-corrected chi connectivity index (χ2v) is 4.38. The van der Waals surface area contributed by atoms with Gasteiger partial charge in [-0.25, -0.2) is 4.98 Å². The van der Waals surface area contributed by atoms with Crippen molar-refractivity contribution in [2.75, 3.05) is 18.0 Å². The van der Waals surface area contributed by atoms with Gasteiger partial charge in [-0.3, -0.25) is 0 Å². The molecule has 1 saturated heterocycles. The van der Waals surface area contributed by atoms with Crippen molar-refractivity contribution in [1.82, 2.24) is 4.98 Å². The average Bonchev–Trinajstić information content (AvgIpc) is 2.72. The maximum atomic E-state index is 8.67. The van der Waals surface area contributed by atoms with Crippen molar-refractivity contribution in [1.29, 1.82) is 5.26 Å². The first kappa shape index (κ1) is 13.5. The Bertz CT molecular complexity index is 367. The third kappa shape index (κ3) is 3.20. The minimum Gasteiger partial charge on any atom is -0.356 e. The van der Waals surface area contributed by atoms with Crippen molar-refractivity contribution >= 4 is 5.82 Å². The molecule has 2 unspecified atom stereocenters. The van der Waals surface area contributed by atoms with Gasteiger partial charge in [0.05, 0.1) is 5.56 Å². The number of anilines is 1. The summed E-state index contributed by atoms with van der Waals surface area (Å²) >= 11 is 0. The van der Waals surface area contributed by atoms with Crippen LogP contribution >= 0.6 is 0 Å². The molecule has 0 N–H and O–H groups in total. The molecule has 2 atom stereocenters. The summed E-state index contributed by atoms with van der Waals surface area (Å²) in [5, 5.41) is 8.67. The summed E-state index contributed by atoms with van der Waals surface area (Å²) in [6.45, 7) is 10.7. The molecule has 17 heavy (non-hydrogen) atoms. The van der Waals surface area contributed by atoms with E-state index < -0.39 is 0 Å². The number of nitriles is 1. The van der Waals surface area contributed by atoms with Crippen LogP contribution in [-0.2, 0) is 0 Å². The average molecular weight is 231 g/mol. The van der Waals surface area contributed by atoms with Gasteiger partial charge in [0.25, 0.3) is 0 Å². The summed E-state index contributed by atoms with van der Waals surface area (Å²) in [6, 6.07) is 5.84. The van der Waals surface area contributed by atoms with E-state index in [2.05, 4.69) is 29.8 Å². The fraction of sp³-hybridized carbons (Fsp3) is 0.571. The molecule has 1 aliphatic heterocycles. The molecule has 0 aromatic carbocycles. The Labute approximate surface area is 104 Å². The molecule has 0 aliphatic carbocycles.